The zero-order valence-corrected chi connectivity index (χ0v) is 10.9. The third-order valence-electron chi connectivity index (χ3n) is 3.29. The average Bonchev–Trinajstić information content (AvgIpc) is 2.63. The second-order valence-corrected chi connectivity index (χ2v) is 5.31. The fourth-order valence-corrected chi connectivity index (χ4v) is 2.92. The smallest absolute Gasteiger partial charge is 0.123 e. The molecule has 1 heterocycles. The second-order valence-electron chi connectivity index (χ2n) is 4.46. The molecule has 2 unspecified atom stereocenters. The van der Waals surface area contributed by atoms with Crippen molar-refractivity contribution in [2.24, 2.45) is 11.7 Å². The average molecular weight is 287 g/mol. The second kappa shape index (κ2) is 4.82. The minimum atomic E-state index is -0.178. The molecule has 0 saturated carbocycles. The molecule has 1 aromatic carbocycles. The van der Waals surface area contributed by atoms with Gasteiger partial charge in [0.15, 0.2) is 0 Å². The van der Waals surface area contributed by atoms with E-state index in [2.05, 4.69) is 27.9 Å². The van der Waals surface area contributed by atoms with Crippen molar-refractivity contribution in [3.63, 3.8) is 0 Å². The number of benzene rings is 1. The van der Waals surface area contributed by atoms with E-state index in [0.717, 1.165) is 23.0 Å². The van der Waals surface area contributed by atoms with Crippen molar-refractivity contribution < 1.29 is 4.39 Å². The summed E-state index contributed by atoms with van der Waals surface area (Å²) < 4.78 is 14.2. The third-order valence-corrected chi connectivity index (χ3v) is 4.01. The van der Waals surface area contributed by atoms with Crippen molar-refractivity contribution in [2.75, 3.05) is 20.1 Å². The van der Waals surface area contributed by atoms with Crippen LogP contribution >= 0.6 is 15.9 Å². The molecule has 1 fully saturated rings. The summed E-state index contributed by atoms with van der Waals surface area (Å²) in [5.41, 5.74) is 6.72. The Morgan fingerprint density at radius 1 is 1.56 bits per heavy atom. The predicted molar refractivity (Wildman–Crippen MR) is 66.6 cm³/mol. The predicted octanol–water partition coefficient (Wildman–Crippen LogP) is 2.54. The van der Waals surface area contributed by atoms with Crippen LogP contribution < -0.4 is 5.73 Å². The Balaban J connectivity index is 2.27. The molecular weight excluding hydrogens is 271 g/mol. The number of nitrogens with two attached hydrogens (primary N) is 1. The van der Waals surface area contributed by atoms with Crippen molar-refractivity contribution in [1.29, 1.82) is 0 Å². The third kappa shape index (κ3) is 2.29. The Morgan fingerprint density at radius 2 is 2.31 bits per heavy atom. The monoisotopic (exact) mass is 286 g/mol. The summed E-state index contributed by atoms with van der Waals surface area (Å²) in [5.74, 6) is 0.341. The van der Waals surface area contributed by atoms with Crippen LogP contribution in [0.25, 0.3) is 0 Å². The number of nitrogens with zero attached hydrogens (tertiary/aromatic N) is 1. The normalized spacial score (nSPS) is 26.2. The zero-order chi connectivity index (χ0) is 11.7. The summed E-state index contributed by atoms with van der Waals surface area (Å²) in [6.07, 6.45) is 1.01. The SMILES string of the molecule is CN1CC(CN)CC1c1cc(F)ccc1Br. The molecule has 1 aliphatic rings. The van der Waals surface area contributed by atoms with Gasteiger partial charge in [0.25, 0.3) is 0 Å². The maximum Gasteiger partial charge on any atom is 0.123 e. The molecule has 16 heavy (non-hydrogen) atoms. The molecule has 1 aromatic rings. The van der Waals surface area contributed by atoms with E-state index in [-0.39, 0.29) is 11.9 Å². The fourth-order valence-electron chi connectivity index (χ4n) is 2.41. The Hall–Kier alpha value is -0.450. The van der Waals surface area contributed by atoms with Crippen molar-refractivity contribution in [3.8, 4) is 0 Å². The summed E-state index contributed by atoms with van der Waals surface area (Å²) in [6.45, 7) is 1.69. The number of hydrogen-bond donors (Lipinski definition) is 1. The van der Waals surface area contributed by atoms with Crippen molar-refractivity contribution in [2.45, 2.75) is 12.5 Å². The van der Waals surface area contributed by atoms with Crippen LogP contribution in [0.4, 0.5) is 4.39 Å². The highest BCUT2D eigenvalue weighted by molar-refractivity contribution is 9.10. The molecule has 0 aliphatic carbocycles. The van der Waals surface area contributed by atoms with Crippen molar-refractivity contribution in [3.05, 3.63) is 34.1 Å². The van der Waals surface area contributed by atoms with Gasteiger partial charge < -0.3 is 5.73 Å². The van der Waals surface area contributed by atoms with Crippen LogP contribution in [-0.4, -0.2) is 25.0 Å². The molecule has 0 bridgehead atoms. The molecule has 2 N–H and O–H groups in total. The molecule has 0 radical (unpaired) electrons. The van der Waals surface area contributed by atoms with E-state index in [1.807, 2.05) is 0 Å². The van der Waals surface area contributed by atoms with Crippen LogP contribution in [0.3, 0.4) is 0 Å². The highest BCUT2D eigenvalue weighted by Crippen LogP contribution is 2.37. The van der Waals surface area contributed by atoms with Gasteiger partial charge in [0.05, 0.1) is 0 Å². The van der Waals surface area contributed by atoms with Gasteiger partial charge in [-0.1, -0.05) is 15.9 Å². The molecule has 2 rings (SSSR count). The van der Waals surface area contributed by atoms with Crippen LogP contribution in [0.1, 0.15) is 18.0 Å². The maximum atomic E-state index is 13.2. The minimum absolute atomic E-state index is 0.178. The molecule has 88 valence electrons. The van der Waals surface area contributed by atoms with E-state index in [1.165, 1.54) is 6.07 Å². The molecule has 0 amide bonds. The first-order chi connectivity index (χ1) is 7.61. The van der Waals surface area contributed by atoms with E-state index in [0.29, 0.717) is 12.5 Å². The minimum Gasteiger partial charge on any atom is -0.330 e. The summed E-state index contributed by atoms with van der Waals surface area (Å²) in [5, 5.41) is 0. The lowest BCUT2D eigenvalue weighted by molar-refractivity contribution is 0.312. The Morgan fingerprint density at radius 3 is 2.94 bits per heavy atom. The lowest BCUT2D eigenvalue weighted by atomic mass is 10.00. The van der Waals surface area contributed by atoms with E-state index in [1.54, 1.807) is 12.1 Å². The molecule has 2 nitrogen and oxygen atoms in total. The van der Waals surface area contributed by atoms with E-state index in [9.17, 15) is 4.39 Å². The van der Waals surface area contributed by atoms with Gasteiger partial charge in [0, 0.05) is 17.1 Å². The molecular formula is C12H16BrFN2. The van der Waals surface area contributed by atoms with Gasteiger partial charge in [-0.3, -0.25) is 4.90 Å². The summed E-state index contributed by atoms with van der Waals surface area (Å²) in [4.78, 5) is 2.25. The van der Waals surface area contributed by atoms with Crippen LogP contribution in [-0.2, 0) is 0 Å². The molecule has 2 atom stereocenters. The molecule has 0 aromatic heterocycles. The van der Waals surface area contributed by atoms with E-state index < -0.39 is 0 Å². The largest absolute Gasteiger partial charge is 0.330 e. The molecule has 1 saturated heterocycles. The van der Waals surface area contributed by atoms with Gasteiger partial charge in [-0.2, -0.15) is 0 Å². The van der Waals surface area contributed by atoms with Gasteiger partial charge >= 0.3 is 0 Å². The first kappa shape index (κ1) is 12.0. The maximum absolute atomic E-state index is 13.2. The van der Waals surface area contributed by atoms with E-state index in [4.69, 9.17) is 5.73 Å². The summed E-state index contributed by atoms with van der Waals surface area (Å²) >= 11 is 3.49. The van der Waals surface area contributed by atoms with E-state index >= 15 is 0 Å². The number of hydrogen-bond acceptors (Lipinski definition) is 2. The Labute approximate surface area is 104 Å². The van der Waals surface area contributed by atoms with Crippen molar-refractivity contribution >= 4 is 15.9 Å². The lowest BCUT2D eigenvalue weighted by Gasteiger charge is -2.20. The van der Waals surface area contributed by atoms with Crippen LogP contribution in [0, 0.1) is 11.7 Å². The summed E-state index contributed by atoms with van der Waals surface area (Å²) in [6, 6.07) is 5.14. The molecule has 1 aliphatic heterocycles. The summed E-state index contributed by atoms with van der Waals surface area (Å²) in [7, 11) is 2.07. The first-order valence-corrected chi connectivity index (χ1v) is 6.26. The van der Waals surface area contributed by atoms with Gasteiger partial charge in [-0.05, 0) is 49.7 Å². The topological polar surface area (TPSA) is 29.3 Å². The fraction of sp³-hybridized carbons (Fsp3) is 0.500. The lowest BCUT2D eigenvalue weighted by Crippen LogP contribution is -2.20. The molecule has 0 spiro atoms. The highest BCUT2D eigenvalue weighted by Gasteiger charge is 2.30. The van der Waals surface area contributed by atoms with Gasteiger partial charge in [-0.25, -0.2) is 4.39 Å². The Kier molecular flexibility index (Phi) is 3.62. The number of likely N-dealkylation sites (tertiary alicyclic amines) is 1. The van der Waals surface area contributed by atoms with Gasteiger partial charge in [0.2, 0.25) is 0 Å². The first-order valence-electron chi connectivity index (χ1n) is 5.47. The van der Waals surface area contributed by atoms with Gasteiger partial charge in [-0.15, -0.1) is 0 Å². The number of rotatable bonds is 2. The number of halogens is 2. The molecule has 4 heteroatoms. The zero-order valence-electron chi connectivity index (χ0n) is 9.29. The standard InChI is InChI=1S/C12H16BrFN2/c1-16-7-8(6-15)4-12(16)10-5-9(14)2-3-11(10)13/h2-3,5,8,12H,4,6-7,15H2,1H3. The van der Waals surface area contributed by atoms with Crippen LogP contribution in [0.15, 0.2) is 22.7 Å². The van der Waals surface area contributed by atoms with Gasteiger partial charge in [0.1, 0.15) is 5.82 Å². The van der Waals surface area contributed by atoms with Crippen LogP contribution in [0.5, 0.6) is 0 Å². The van der Waals surface area contributed by atoms with Crippen LogP contribution in [0.2, 0.25) is 0 Å². The highest BCUT2D eigenvalue weighted by atomic mass is 79.9. The quantitative estimate of drug-likeness (QED) is 0.905. The Bertz CT molecular complexity index is 383. The van der Waals surface area contributed by atoms with Crippen molar-refractivity contribution in [1.82, 2.24) is 4.90 Å².